The zero-order chi connectivity index (χ0) is 13.1. The molecule has 0 atom stereocenters. The number of nitriles is 1. The molecule has 1 N–H and O–H groups in total. The summed E-state index contributed by atoms with van der Waals surface area (Å²) in [6.07, 6.45) is 1.30. The molecule has 2 rings (SSSR count). The molecule has 1 heterocycles. The highest BCUT2D eigenvalue weighted by molar-refractivity contribution is 9.10. The lowest BCUT2D eigenvalue weighted by atomic mass is 10.1. The molecule has 0 fully saturated rings. The van der Waals surface area contributed by atoms with Crippen molar-refractivity contribution in [1.82, 2.24) is 9.55 Å². The van der Waals surface area contributed by atoms with Crippen molar-refractivity contribution < 1.29 is 0 Å². The van der Waals surface area contributed by atoms with Crippen LogP contribution in [0.25, 0.3) is 0 Å². The van der Waals surface area contributed by atoms with Crippen molar-refractivity contribution in [2.75, 3.05) is 0 Å². The molecule has 0 spiro atoms. The van der Waals surface area contributed by atoms with Gasteiger partial charge in [0.15, 0.2) is 0 Å². The van der Waals surface area contributed by atoms with Gasteiger partial charge in [-0.3, -0.25) is 9.36 Å². The van der Waals surface area contributed by atoms with Gasteiger partial charge in [0.25, 0.3) is 5.56 Å². The SMILES string of the molecule is N#Cc1ccccc1Cn1c(=O)[nH]cc(Br)c1=O. The lowest BCUT2D eigenvalue weighted by Gasteiger charge is -2.06. The first-order valence-electron chi connectivity index (χ1n) is 5.09. The first-order chi connectivity index (χ1) is 8.63. The maximum Gasteiger partial charge on any atom is 0.328 e. The van der Waals surface area contributed by atoms with Crippen LogP contribution in [-0.2, 0) is 6.54 Å². The monoisotopic (exact) mass is 305 g/mol. The third kappa shape index (κ3) is 2.26. The van der Waals surface area contributed by atoms with Gasteiger partial charge in [-0.1, -0.05) is 18.2 Å². The molecule has 5 nitrogen and oxygen atoms in total. The van der Waals surface area contributed by atoms with E-state index in [1.165, 1.54) is 6.20 Å². The Kier molecular flexibility index (Phi) is 3.44. The van der Waals surface area contributed by atoms with Gasteiger partial charge in [-0.15, -0.1) is 0 Å². The van der Waals surface area contributed by atoms with Crippen LogP contribution in [-0.4, -0.2) is 9.55 Å². The largest absolute Gasteiger partial charge is 0.328 e. The summed E-state index contributed by atoms with van der Waals surface area (Å²) in [5.74, 6) is 0. The second kappa shape index (κ2) is 5.02. The molecule has 0 saturated heterocycles. The zero-order valence-corrected chi connectivity index (χ0v) is 10.8. The molecule has 0 bridgehead atoms. The van der Waals surface area contributed by atoms with E-state index in [1.54, 1.807) is 24.3 Å². The van der Waals surface area contributed by atoms with Crippen LogP contribution < -0.4 is 11.2 Å². The Balaban J connectivity index is 2.54. The average Bonchev–Trinajstić information content (AvgIpc) is 2.39. The summed E-state index contributed by atoms with van der Waals surface area (Å²) < 4.78 is 1.32. The van der Waals surface area contributed by atoms with E-state index >= 15 is 0 Å². The van der Waals surface area contributed by atoms with Crippen molar-refractivity contribution in [3.05, 3.63) is 66.9 Å². The van der Waals surface area contributed by atoms with Crippen molar-refractivity contribution in [2.45, 2.75) is 6.54 Å². The van der Waals surface area contributed by atoms with Crippen molar-refractivity contribution in [3.63, 3.8) is 0 Å². The minimum absolute atomic E-state index is 0.0668. The molecule has 1 aromatic carbocycles. The normalized spacial score (nSPS) is 10.0. The summed E-state index contributed by atoms with van der Waals surface area (Å²) in [6, 6.07) is 8.88. The topological polar surface area (TPSA) is 78.7 Å². The lowest BCUT2D eigenvalue weighted by molar-refractivity contribution is 0.693. The molecule has 0 saturated carbocycles. The minimum Gasteiger partial charge on any atom is -0.313 e. The van der Waals surface area contributed by atoms with Crippen molar-refractivity contribution in [3.8, 4) is 6.07 Å². The number of hydrogen-bond acceptors (Lipinski definition) is 3. The third-order valence-electron chi connectivity index (χ3n) is 2.48. The van der Waals surface area contributed by atoms with E-state index in [0.29, 0.717) is 11.1 Å². The summed E-state index contributed by atoms with van der Waals surface area (Å²) in [4.78, 5) is 25.9. The zero-order valence-electron chi connectivity index (χ0n) is 9.18. The van der Waals surface area contributed by atoms with Crippen LogP contribution in [0.2, 0.25) is 0 Å². The number of benzene rings is 1. The molecule has 1 aromatic heterocycles. The van der Waals surface area contributed by atoms with Gasteiger partial charge in [0.05, 0.1) is 22.7 Å². The fraction of sp³-hybridized carbons (Fsp3) is 0.0833. The maximum absolute atomic E-state index is 11.8. The van der Waals surface area contributed by atoms with Gasteiger partial charge < -0.3 is 4.98 Å². The van der Waals surface area contributed by atoms with Crippen molar-refractivity contribution >= 4 is 15.9 Å². The Hall–Kier alpha value is -2.13. The number of rotatable bonds is 2. The van der Waals surface area contributed by atoms with Gasteiger partial charge in [-0.25, -0.2) is 4.79 Å². The molecule has 18 heavy (non-hydrogen) atoms. The highest BCUT2D eigenvalue weighted by Gasteiger charge is 2.08. The first-order valence-corrected chi connectivity index (χ1v) is 5.89. The molecule has 0 radical (unpaired) electrons. The Bertz CT molecular complexity index is 740. The van der Waals surface area contributed by atoms with E-state index in [1.807, 2.05) is 6.07 Å². The average molecular weight is 306 g/mol. The van der Waals surface area contributed by atoms with E-state index in [9.17, 15) is 9.59 Å². The molecule has 0 unspecified atom stereocenters. The Morgan fingerprint density at radius 2 is 2.06 bits per heavy atom. The number of aromatic amines is 1. The molecular formula is C12H8BrN3O2. The predicted molar refractivity (Wildman–Crippen MR) is 69.3 cm³/mol. The summed E-state index contributed by atoms with van der Waals surface area (Å²) in [6.45, 7) is 0.0668. The van der Waals surface area contributed by atoms with Crippen molar-refractivity contribution in [2.24, 2.45) is 0 Å². The number of hydrogen-bond donors (Lipinski definition) is 1. The smallest absolute Gasteiger partial charge is 0.313 e. The molecule has 0 amide bonds. The van der Waals surface area contributed by atoms with Crippen LogP contribution in [0.15, 0.2) is 44.5 Å². The van der Waals surface area contributed by atoms with E-state index < -0.39 is 11.2 Å². The molecule has 0 aliphatic carbocycles. The van der Waals surface area contributed by atoms with E-state index in [4.69, 9.17) is 5.26 Å². The minimum atomic E-state index is -0.504. The standard InChI is InChI=1S/C12H8BrN3O2/c13-10-6-15-12(18)16(11(10)17)7-9-4-2-1-3-8(9)5-14/h1-4,6H,7H2,(H,15,18). The van der Waals surface area contributed by atoms with Gasteiger partial charge in [0, 0.05) is 6.20 Å². The molecule has 0 aliphatic rings. The van der Waals surface area contributed by atoms with Gasteiger partial charge in [-0.2, -0.15) is 5.26 Å². The molecule has 0 aliphatic heterocycles. The fourth-order valence-electron chi connectivity index (χ4n) is 1.57. The second-order valence-electron chi connectivity index (χ2n) is 3.60. The summed E-state index contributed by atoms with van der Waals surface area (Å²) in [7, 11) is 0. The van der Waals surface area contributed by atoms with E-state index in [-0.39, 0.29) is 11.0 Å². The van der Waals surface area contributed by atoms with Gasteiger partial charge in [0.1, 0.15) is 0 Å². The number of aromatic nitrogens is 2. The predicted octanol–water partition coefficient (Wildman–Crippen LogP) is 1.22. The van der Waals surface area contributed by atoms with Gasteiger partial charge in [-0.05, 0) is 27.6 Å². The van der Waals surface area contributed by atoms with E-state index in [0.717, 1.165) is 4.57 Å². The molecule has 90 valence electrons. The Morgan fingerprint density at radius 3 is 2.78 bits per heavy atom. The van der Waals surface area contributed by atoms with Gasteiger partial charge in [0.2, 0.25) is 0 Å². The van der Waals surface area contributed by atoms with Crippen LogP contribution in [0.3, 0.4) is 0 Å². The number of nitrogens with zero attached hydrogens (tertiary/aromatic N) is 2. The number of nitrogens with one attached hydrogen (secondary N) is 1. The molecule has 2 aromatic rings. The van der Waals surface area contributed by atoms with Crippen molar-refractivity contribution in [1.29, 1.82) is 5.26 Å². The van der Waals surface area contributed by atoms with Crippen LogP contribution in [0.1, 0.15) is 11.1 Å². The summed E-state index contributed by atoms with van der Waals surface area (Å²) in [5, 5.41) is 8.96. The third-order valence-corrected chi connectivity index (χ3v) is 3.05. The van der Waals surface area contributed by atoms with Crippen LogP contribution >= 0.6 is 15.9 Å². The lowest BCUT2D eigenvalue weighted by Crippen LogP contribution is -2.35. The number of H-pyrrole nitrogens is 1. The quantitative estimate of drug-likeness (QED) is 0.906. The maximum atomic E-state index is 11.8. The number of halogens is 1. The van der Waals surface area contributed by atoms with Crippen LogP contribution in [0, 0.1) is 11.3 Å². The Morgan fingerprint density at radius 1 is 1.33 bits per heavy atom. The summed E-state index contributed by atoms with van der Waals surface area (Å²) >= 11 is 3.06. The molecular weight excluding hydrogens is 298 g/mol. The Labute approximate surface area is 110 Å². The van der Waals surface area contributed by atoms with Gasteiger partial charge >= 0.3 is 5.69 Å². The highest BCUT2D eigenvalue weighted by Crippen LogP contribution is 2.08. The first kappa shape index (κ1) is 12.3. The molecule has 6 heteroatoms. The second-order valence-corrected chi connectivity index (χ2v) is 4.46. The highest BCUT2D eigenvalue weighted by atomic mass is 79.9. The fourth-order valence-corrected chi connectivity index (χ4v) is 1.90. The van der Waals surface area contributed by atoms with E-state index in [2.05, 4.69) is 20.9 Å². The van der Waals surface area contributed by atoms with Crippen LogP contribution in [0.4, 0.5) is 0 Å². The summed E-state index contributed by atoms with van der Waals surface area (Å²) in [5.41, 5.74) is 0.150. The van der Waals surface area contributed by atoms with Crippen LogP contribution in [0.5, 0.6) is 0 Å².